The van der Waals surface area contributed by atoms with E-state index in [2.05, 4.69) is 29.0 Å². The number of aromatic nitrogens is 2. The van der Waals surface area contributed by atoms with Crippen LogP contribution in [0.2, 0.25) is 0 Å². The molecule has 1 unspecified atom stereocenters. The van der Waals surface area contributed by atoms with Gasteiger partial charge in [-0.15, -0.1) is 0 Å². The van der Waals surface area contributed by atoms with Gasteiger partial charge >= 0.3 is 0 Å². The highest BCUT2D eigenvalue weighted by Crippen LogP contribution is 2.22. The number of fused-ring (bicyclic) bond motifs is 1. The maximum Gasteiger partial charge on any atom is 0.232 e. The van der Waals surface area contributed by atoms with Crippen LogP contribution in [0, 0.1) is 0 Å². The summed E-state index contributed by atoms with van der Waals surface area (Å²) in [5, 5.41) is 0. The zero-order chi connectivity index (χ0) is 12.3. The first-order valence-corrected chi connectivity index (χ1v) is 5.75. The second-order valence-corrected chi connectivity index (χ2v) is 4.14. The van der Waals surface area contributed by atoms with Crippen molar-refractivity contribution in [1.82, 2.24) is 9.97 Å². The average molecular weight is 231 g/mol. The molecule has 4 heteroatoms. The van der Waals surface area contributed by atoms with E-state index < -0.39 is 0 Å². The van der Waals surface area contributed by atoms with Crippen LogP contribution in [0.4, 0.5) is 0 Å². The van der Waals surface area contributed by atoms with Crippen molar-refractivity contribution in [2.45, 2.75) is 19.3 Å². The molecular weight excluding hydrogens is 214 g/mol. The van der Waals surface area contributed by atoms with Crippen LogP contribution in [0.1, 0.15) is 24.8 Å². The molecule has 0 bridgehead atoms. The Kier molecular flexibility index (Phi) is 3.54. The molecule has 1 aromatic carbocycles. The molecule has 0 saturated heterocycles. The number of hydrogen-bond acceptors (Lipinski definition) is 4. The predicted octanol–water partition coefficient (Wildman–Crippen LogP) is 2.09. The molecule has 0 saturated carbocycles. The zero-order valence-electron chi connectivity index (χ0n) is 10.2. The summed E-state index contributed by atoms with van der Waals surface area (Å²) < 4.78 is 5.05. The second kappa shape index (κ2) is 5.10. The molecule has 1 atom stereocenters. The molecule has 1 heterocycles. The highest BCUT2D eigenvalue weighted by Gasteiger charge is 2.07. The number of ether oxygens (including phenoxy) is 1. The lowest BCUT2D eigenvalue weighted by molar-refractivity contribution is 0.397. The lowest BCUT2D eigenvalue weighted by Gasteiger charge is -2.11. The van der Waals surface area contributed by atoms with E-state index in [0.717, 1.165) is 17.5 Å². The third-order valence-corrected chi connectivity index (χ3v) is 2.92. The van der Waals surface area contributed by atoms with Crippen LogP contribution in [0.5, 0.6) is 5.88 Å². The van der Waals surface area contributed by atoms with Crippen LogP contribution < -0.4 is 10.5 Å². The van der Waals surface area contributed by atoms with Crippen molar-refractivity contribution in [3.05, 3.63) is 30.0 Å². The summed E-state index contributed by atoms with van der Waals surface area (Å²) in [5.74, 6) is 0.994. The van der Waals surface area contributed by atoms with Gasteiger partial charge < -0.3 is 10.5 Å². The minimum Gasteiger partial charge on any atom is -0.480 e. The van der Waals surface area contributed by atoms with Crippen molar-refractivity contribution in [1.29, 1.82) is 0 Å². The van der Waals surface area contributed by atoms with Gasteiger partial charge in [-0.05, 0) is 36.6 Å². The van der Waals surface area contributed by atoms with Gasteiger partial charge in [-0.25, -0.2) is 9.97 Å². The molecule has 2 N–H and O–H groups in total. The standard InChI is InChI=1S/C13H17N3O/c1-9(5-6-14)10-3-4-11-12(7-10)15-8-13(16-11)17-2/h3-4,7-9H,5-6,14H2,1-2H3. The molecule has 0 radical (unpaired) electrons. The minimum atomic E-state index is 0.452. The van der Waals surface area contributed by atoms with E-state index in [1.807, 2.05) is 6.07 Å². The zero-order valence-corrected chi connectivity index (χ0v) is 10.2. The second-order valence-electron chi connectivity index (χ2n) is 4.14. The van der Waals surface area contributed by atoms with E-state index in [1.165, 1.54) is 5.56 Å². The van der Waals surface area contributed by atoms with Gasteiger partial charge in [0.05, 0.1) is 24.3 Å². The Bertz CT molecular complexity index is 513. The summed E-state index contributed by atoms with van der Waals surface area (Å²) in [6.07, 6.45) is 2.62. The number of benzene rings is 1. The Hall–Kier alpha value is -1.68. The Morgan fingerprint density at radius 2 is 2.18 bits per heavy atom. The van der Waals surface area contributed by atoms with Gasteiger partial charge in [0.25, 0.3) is 0 Å². The fourth-order valence-electron chi connectivity index (χ4n) is 1.83. The maximum atomic E-state index is 5.57. The van der Waals surface area contributed by atoms with Gasteiger partial charge in [0.15, 0.2) is 0 Å². The van der Waals surface area contributed by atoms with Crippen LogP contribution in [0.15, 0.2) is 24.4 Å². The lowest BCUT2D eigenvalue weighted by Crippen LogP contribution is -2.04. The summed E-state index contributed by atoms with van der Waals surface area (Å²) in [4.78, 5) is 8.67. The number of hydrogen-bond donors (Lipinski definition) is 1. The molecule has 0 aliphatic carbocycles. The van der Waals surface area contributed by atoms with E-state index in [1.54, 1.807) is 13.3 Å². The highest BCUT2D eigenvalue weighted by molar-refractivity contribution is 5.75. The quantitative estimate of drug-likeness (QED) is 0.875. The molecule has 0 aliphatic heterocycles. The maximum absolute atomic E-state index is 5.57. The van der Waals surface area contributed by atoms with E-state index in [4.69, 9.17) is 10.5 Å². The van der Waals surface area contributed by atoms with E-state index in [9.17, 15) is 0 Å². The first-order valence-electron chi connectivity index (χ1n) is 5.75. The van der Waals surface area contributed by atoms with E-state index in [0.29, 0.717) is 18.3 Å². The number of nitrogens with two attached hydrogens (primary N) is 1. The van der Waals surface area contributed by atoms with Gasteiger partial charge in [0.1, 0.15) is 0 Å². The smallest absolute Gasteiger partial charge is 0.232 e. The molecule has 17 heavy (non-hydrogen) atoms. The summed E-state index contributed by atoms with van der Waals surface area (Å²) in [6, 6.07) is 6.13. The fraction of sp³-hybridized carbons (Fsp3) is 0.385. The first kappa shape index (κ1) is 11.8. The molecule has 2 aromatic rings. The third-order valence-electron chi connectivity index (χ3n) is 2.92. The number of methoxy groups -OCH3 is 1. The summed E-state index contributed by atoms with van der Waals surface area (Å²) in [5.41, 5.74) is 8.58. The largest absolute Gasteiger partial charge is 0.480 e. The molecule has 4 nitrogen and oxygen atoms in total. The lowest BCUT2D eigenvalue weighted by atomic mass is 9.97. The monoisotopic (exact) mass is 231 g/mol. The number of rotatable bonds is 4. The summed E-state index contributed by atoms with van der Waals surface area (Å²) in [7, 11) is 1.59. The fourth-order valence-corrected chi connectivity index (χ4v) is 1.83. The van der Waals surface area contributed by atoms with Crippen LogP contribution in [-0.2, 0) is 0 Å². The van der Waals surface area contributed by atoms with Crippen LogP contribution in [0.25, 0.3) is 11.0 Å². The minimum absolute atomic E-state index is 0.452. The van der Waals surface area contributed by atoms with Crippen molar-refractivity contribution in [2.24, 2.45) is 5.73 Å². The first-order chi connectivity index (χ1) is 8.24. The van der Waals surface area contributed by atoms with Gasteiger partial charge in [-0.2, -0.15) is 0 Å². The number of nitrogens with zero attached hydrogens (tertiary/aromatic N) is 2. The topological polar surface area (TPSA) is 61.0 Å². The Morgan fingerprint density at radius 1 is 1.35 bits per heavy atom. The normalized spacial score (nSPS) is 12.6. The third kappa shape index (κ3) is 2.53. The highest BCUT2D eigenvalue weighted by atomic mass is 16.5. The SMILES string of the molecule is COc1cnc2cc(C(C)CCN)ccc2n1. The van der Waals surface area contributed by atoms with E-state index >= 15 is 0 Å². The van der Waals surface area contributed by atoms with Crippen molar-refractivity contribution < 1.29 is 4.74 Å². The average Bonchev–Trinajstić information content (AvgIpc) is 2.37. The Labute approximate surface area is 101 Å². The van der Waals surface area contributed by atoms with Crippen LogP contribution >= 0.6 is 0 Å². The predicted molar refractivity (Wildman–Crippen MR) is 68.2 cm³/mol. The van der Waals surface area contributed by atoms with Crippen LogP contribution in [0.3, 0.4) is 0 Å². The van der Waals surface area contributed by atoms with Crippen molar-refractivity contribution in [3.63, 3.8) is 0 Å². The molecule has 0 fully saturated rings. The molecule has 90 valence electrons. The van der Waals surface area contributed by atoms with Gasteiger partial charge in [0, 0.05) is 0 Å². The summed E-state index contributed by atoms with van der Waals surface area (Å²) >= 11 is 0. The molecule has 2 rings (SSSR count). The van der Waals surface area contributed by atoms with E-state index in [-0.39, 0.29) is 0 Å². The van der Waals surface area contributed by atoms with Crippen molar-refractivity contribution >= 4 is 11.0 Å². The molecule has 0 amide bonds. The Morgan fingerprint density at radius 3 is 2.88 bits per heavy atom. The molecule has 0 aliphatic rings. The molecule has 1 aromatic heterocycles. The van der Waals surface area contributed by atoms with Gasteiger partial charge in [0.2, 0.25) is 5.88 Å². The Balaban J connectivity index is 2.37. The summed E-state index contributed by atoms with van der Waals surface area (Å²) in [6.45, 7) is 2.87. The van der Waals surface area contributed by atoms with Crippen molar-refractivity contribution in [2.75, 3.05) is 13.7 Å². The van der Waals surface area contributed by atoms with Gasteiger partial charge in [-0.1, -0.05) is 13.0 Å². The molecular formula is C13H17N3O. The van der Waals surface area contributed by atoms with Gasteiger partial charge in [-0.3, -0.25) is 0 Å². The molecule has 0 spiro atoms. The van der Waals surface area contributed by atoms with Crippen LogP contribution in [-0.4, -0.2) is 23.6 Å². The van der Waals surface area contributed by atoms with Crippen molar-refractivity contribution in [3.8, 4) is 5.88 Å².